The molecule has 0 radical (unpaired) electrons. The van der Waals surface area contributed by atoms with Gasteiger partial charge in [0.1, 0.15) is 11.6 Å². The maximum atomic E-state index is 13.4. The van der Waals surface area contributed by atoms with E-state index in [0.29, 0.717) is 11.1 Å². The Morgan fingerprint density at radius 2 is 1.95 bits per heavy atom. The third kappa shape index (κ3) is 3.15. The fraction of sp³-hybridized carbons (Fsp3) is 0.188. The van der Waals surface area contributed by atoms with Crippen LogP contribution in [0, 0.1) is 19.7 Å². The highest BCUT2D eigenvalue weighted by molar-refractivity contribution is 5.96. The van der Waals surface area contributed by atoms with Gasteiger partial charge in [-0.15, -0.1) is 0 Å². The first-order valence-electron chi connectivity index (χ1n) is 6.30. The largest absolute Gasteiger partial charge is 0.507 e. The third-order valence-corrected chi connectivity index (χ3v) is 3.09. The van der Waals surface area contributed by atoms with Crippen molar-refractivity contribution in [3.05, 3.63) is 64.5 Å². The zero-order valence-corrected chi connectivity index (χ0v) is 11.4. The normalized spacial score (nSPS) is 10.3. The number of rotatable bonds is 3. The van der Waals surface area contributed by atoms with Crippen molar-refractivity contribution in [2.75, 3.05) is 0 Å². The van der Waals surface area contributed by atoms with E-state index < -0.39 is 0 Å². The minimum atomic E-state index is -0.386. The van der Waals surface area contributed by atoms with Crippen LogP contribution in [0.15, 0.2) is 36.4 Å². The molecule has 0 aromatic heterocycles. The van der Waals surface area contributed by atoms with E-state index >= 15 is 0 Å². The Morgan fingerprint density at radius 3 is 2.60 bits per heavy atom. The summed E-state index contributed by atoms with van der Waals surface area (Å²) in [7, 11) is 0. The molecule has 2 aromatic rings. The fourth-order valence-electron chi connectivity index (χ4n) is 1.86. The fourth-order valence-corrected chi connectivity index (χ4v) is 1.86. The Hall–Kier alpha value is -2.36. The van der Waals surface area contributed by atoms with Crippen LogP contribution in [0.4, 0.5) is 4.39 Å². The van der Waals surface area contributed by atoms with Crippen LogP contribution in [0.2, 0.25) is 0 Å². The van der Waals surface area contributed by atoms with E-state index in [9.17, 15) is 14.3 Å². The molecule has 2 rings (SSSR count). The molecule has 0 bridgehead atoms. The van der Waals surface area contributed by atoms with Crippen molar-refractivity contribution in [2.45, 2.75) is 20.4 Å². The van der Waals surface area contributed by atoms with Gasteiger partial charge in [-0.3, -0.25) is 4.79 Å². The van der Waals surface area contributed by atoms with Crippen LogP contribution in [0.25, 0.3) is 0 Å². The Bertz CT molecular complexity index is 653. The standard InChI is InChI=1S/C16H16FNO2/c1-10-3-6-13(15(19)7-10)16(20)18-9-12-5-4-11(2)14(17)8-12/h3-8,19H,9H2,1-2H3,(H,18,20). The van der Waals surface area contributed by atoms with Crippen molar-refractivity contribution in [1.29, 1.82) is 0 Å². The highest BCUT2D eigenvalue weighted by Crippen LogP contribution is 2.18. The minimum absolute atomic E-state index is 0.0578. The van der Waals surface area contributed by atoms with Gasteiger partial charge in [-0.05, 0) is 48.7 Å². The first kappa shape index (κ1) is 14.1. The van der Waals surface area contributed by atoms with Gasteiger partial charge in [0.05, 0.1) is 5.56 Å². The molecule has 0 aliphatic carbocycles. The number of halogens is 1. The van der Waals surface area contributed by atoms with Gasteiger partial charge >= 0.3 is 0 Å². The predicted octanol–water partition coefficient (Wildman–Crippen LogP) is 3.08. The zero-order valence-electron chi connectivity index (χ0n) is 11.4. The average molecular weight is 273 g/mol. The first-order chi connectivity index (χ1) is 9.47. The summed E-state index contributed by atoms with van der Waals surface area (Å²) in [6, 6.07) is 9.66. The second-order valence-corrected chi connectivity index (χ2v) is 4.79. The van der Waals surface area contributed by atoms with E-state index in [1.165, 1.54) is 12.1 Å². The summed E-state index contributed by atoms with van der Waals surface area (Å²) < 4.78 is 13.4. The molecule has 0 atom stereocenters. The van der Waals surface area contributed by atoms with Crippen molar-refractivity contribution in [2.24, 2.45) is 0 Å². The first-order valence-corrected chi connectivity index (χ1v) is 6.30. The lowest BCUT2D eigenvalue weighted by atomic mass is 10.1. The lowest BCUT2D eigenvalue weighted by molar-refractivity contribution is 0.0948. The number of phenols is 1. The molecular weight excluding hydrogens is 257 g/mol. The van der Waals surface area contributed by atoms with Crippen LogP contribution in [0.3, 0.4) is 0 Å². The van der Waals surface area contributed by atoms with E-state index in [0.717, 1.165) is 5.56 Å². The third-order valence-electron chi connectivity index (χ3n) is 3.09. The summed E-state index contributed by atoms with van der Waals surface area (Å²) in [4.78, 5) is 11.9. The van der Waals surface area contributed by atoms with E-state index in [-0.39, 0.29) is 29.6 Å². The Morgan fingerprint density at radius 1 is 1.20 bits per heavy atom. The molecule has 0 unspecified atom stereocenters. The van der Waals surface area contributed by atoms with Gasteiger partial charge in [-0.1, -0.05) is 18.2 Å². The molecule has 2 aromatic carbocycles. The quantitative estimate of drug-likeness (QED) is 0.903. The van der Waals surface area contributed by atoms with Crippen LogP contribution in [-0.2, 0) is 6.54 Å². The van der Waals surface area contributed by atoms with Crippen molar-refractivity contribution in [3.8, 4) is 5.75 Å². The number of phenolic OH excluding ortho intramolecular Hbond substituents is 1. The molecule has 104 valence electrons. The van der Waals surface area contributed by atoms with Crippen LogP contribution < -0.4 is 5.32 Å². The van der Waals surface area contributed by atoms with Gasteiger partial charge in [0.2, 0.25) is 0 Å². The van der Waals surface area contributed by atoms with Crippen molar-refractivity contribution >= 4 is 5.91 Å². The monoisotopic (exact) mass is 273 g/mol. The van der Waals surface area contributed by atoms with Gasteiger partial charge in [0.25, 0.3) is 5.91 Å². The molecule has 0 aliphatic heterocycles. The molecule has 0 spiro atoms. The Labute approximate surface area is 117 Å². The van der Waals surface area contributed by atoms with Crippen LogP contribution >= 0.6 is 0 Å². The van der Waals surface area contributed by atoms with Crippen molar-refractivity contribution < 1.29 is 14.3 Å². The van der Waals surface area contributed by atoms with E-state index in [2.05, 4.69) is 5.32 Å². The summed E-state index contributed by atoms with van der Waals surface area (Å²) in [5.74, 6) is -0.740. The molecule has 20 heavy (non-hydrogen) atoms. The molecule has 0 heterocycles. The summed E-state index contributed by atoms with van der Waals surface area (Å²) in [5, 5.41) is 12.4. The second kappa shape index (κ2) is 5.74. The minimum Gasteiger partial charge on any atom is -0.507 e. The SMILES string of the molecule is Cc1ccc(C(=O)NCc2ccc(C)c(F)c2)c(O)c1. The number of carbonyl (C=O) groups is 1. The lowest BCUT2D eigenvalue weighted by Crippen LogP contribution is -2.23. The molecule has 0 saturated carbocycles. The summed E-state index contributed by atoms with van der Waals surface area (Å²) in [5.41, 5.74) is 2.33. The topological polar surface area (TPSA) is 49.3 Å². The number of amides is 1. The number of benzene rings is 2. The Kier molecular flexibility index (Phi) is 4.03. The number of aromatic hydroxyl groups is 1. The van der Waals surface area contributed by atoms with Crippen molar-refractivity contribution in [3.63, 3.8) is 0 Å². The summed E-state index contributed by atoms with van der Waals surface area (Å²) >= 11 is 0. The molecule has 4 heteroatoms. The van der Waals surface area contributed by atoms with Gasteiger partial charge in [0, 0.05) is 6.54 Å². The van der Waals surface area contributed by atoms with Gasteiger partial charge in [0.15, 0.2) is 0 Å². The molecule has 0 saturated heterocycles. The maximum absolute atomic E-state index is 13.4. The molecule has 3 nitrogen and oxygen atoms in total. The van der Waals surface area contributed by atoms with E-state index in [1.54, 1.807) is 31.2 Å². The van der Waals surface area contributed by atoms with Crippen molar-refractivity contribution in [1.82, 2.24) is 5.32 Å². The second-order valence-electron chi connectivity index (χ2n) is 4.79. The molecule has 1 amide bonds. The number of hydrogen-bond acceptors (Lipinski definition) is 2. The molecular formula is C16H16FNO2. The highest BCUT2D eigenvalue weighted by Gasteiger charge is 2.10. The lowest BCUT2D eigenvalue weighted by Gasteiger charge is -2.08. The summed E-state index contributed by atoms with van der Waals surface area (Å²) in [6.07, 6.45) is 0. The van der Waals surface area contributed by atoms with Crippen LogP contribution in [-0.4, -0.2) is 11.0 Å². The smallest absolute Gasteiger partial charge is 0.255 e. The van der Waals surface area contributed by atoms with Crippen LogP contribution in [0.5, 0.6) is 5.75 Å². The van der Waals surface area contributed by atoms with Gasteiger partial charge < -0.3 is 10.4 Å². The molecule has 2 N–H and O–H groups in total. The highest BCUT2D eigenvalue weighted by atomic mass is 19.1. The zero-order chi connectivity index (χ0) is 14.7. The number of aryl methyl sites for hydroxylation is 2. The van der Waals surface area contributed by atoms with E-state index in [4.69, 9.17) is 0 Å². The molecule has 0 aliphatic rings. The number of nitrogens with one attached hydrogen (secondary N) is 1. The number of carbonyl (C=O) groups excluding carboxylic acids is 1. The molecule has 0 fully saturated rings. The number of hydrogen-bond donors (Lipinski definition) is 2. The average Bonchev–Trinajstić information content (AvgIpc) is 2.40. The van der Waals surface area contributed by atoms with Gasteiger partial charge in [-0.25, -0.2) is 4.39 Å². The Balaban J connectivity index is 2.06. The maximum Gasteiger partial charge on any atom is 0.255 e. The predicted molar refractivity (Wildman–Crippen MR) is 75.2 cm³/mol. The van der Waals surface area contributed by atoms with E-state index in [1.807, 2.05) is 6.92 Å². The van der Waals surface area contributed by atoms with Crippen LogP contribution in [0.1, 0.15) is 27.0 Å². The van der Waals surface area contributed by atoms with Gasteiger partial charge in [-0.2, -0.15) is 0 Å². The summed E-state index contributed by atoms with van der Waals surface area (Å²) in [6.45, 7) is 3.72.